The molecule has 3 heteroatoms. The van der Waals surface area contributed by atoms with Gasteiger partial charge in [0.1, 0.15) is 5.82 Å². The second-order valence-electron chi connectivity index (χ2n) is 5.00. The first kappa shape index (κ1) is 16.0. The van der Waals surface area contributed by atoms with Gasteiger partial charge in [0.05, 0.1) is 0 Å². The minimum absolute atomic E-state index is 0.183. The Balaban J connectivity index is 2.64. The molecule has 0 fully saturated rings. The fourth-order valence-corrected chi connectivity index (χ4v) is 2.51. The molecule has 1 aromatic carbocycles. The van der Waals surface area contributed by atoms with Gasteiger partial charge in [0.2, 0.25) is 0 Å². The molecule has 0 heterocycles. The lowest BCUT2D eigenvalue weighted by Crippen LogP contribution is -2.40. The third-order valence-electron chi connectivity index (χ3n) is 3.58. The Labute approximate surface area is 116 Å². The molecule has 2 nitrogen and oxygen atoms in total. The van der Waals surface area contributed by atoms with Crippen molar-refractivity contribution in [2.75, 3.05) is 18.0 Å². The van der Waals surface area contributed by atoms with Gasteiger partial charge in [-0.15, -0.1) is 0 Å². The SMILES string of the molecule is CCCCCCC(CN)N(CC)c1cccc(F)c1. The molecule has 0 aliphatic rings. The Hall–Kier alpha value is -1.09. The van der Waals surface area contributed by atoms with Gasteiger partial charge in [-0.1, -0.05) is 38.7 Å². The fraction of sp³-hybridized carbons (Fsp3) is 0.625. The lowest BCUT2D eigenvalue weighted by atomic mass is 10.0. The molecule has 1 rings (SSSR count). The Morgan fingerprint density at radius 3 is 2.58 bits per heavy atom. The Morgan fingerprint density at radius 1 is 1.21 bits per heavy atom. The van der Waals surface area contributed by atoms with E-state index >= 15 is 0 Å². The number of nitrogens with two attached hydrogens (primary N) is 1. The number of hydrogen-bond acceptors (Lipinski definition) is 2. The lowest BCUT2D eigenvalue weighted by molar-refractivity contribution is 0.519. The van der Waals surface area contributed by atoms with E-state index in [2.05, 4.69) is 18.7 Å². The Morgan fingerprint density at radius 2 is 2.00 bits per heavy atom. The van der Waals surface area contributed by atoms with E-state index in [1.165, 1.54) is 31.7 Å². The fourth-order valence-electron chi connectivity index (χ4n) is 2.51. The van der Waals surface area contributed by atoms with Gasteiger partial charge >= 0.3 is 0 Å². The summed E-state index contributed by atoms with van der Waals surface area (Å²) in [5, 5.41) is 0. The van der Waals surface area contributed by atoms with Crippen LogP contribution in [-0.2, 0) is 0 Å². The summed E-state index contributed by atoms with van der Waals surface area (Å²) < 4.78 is 13.3. The third-order valence-corrected chi connectivity index (χ3v) is 3.58. The van der Waals surface area contributed by atoms with Crippen molar-refractivity contribution in [2.24, 2.45) is 5.73 Å². The summed E-state index contributed by atoms with van der Waals surface area (Å²) in [6.07, 6.45) is 6.06. The highest BCUT2D eigenvalue weighted by Crippen LogP contribution is 2.20. The summed E-state index contributed by atoms with van der Waals surface area (Å²) in [5.41, 5.74) is 6.84. The summed E-state index contributed by atoms with van der Waals surface area (Å²) >= 11 is 0. The van der Waals surface area contributed by atoms with Gasteiger partial charge in [-0.3, -0.25) is 0 Å². The molecule has 0 aliphatic carbocycles. The van der Waals surface area contributed by atoms with Crippen molar-refractivity contribution in [3.63, 3.8) is 0 Å². The van der Waals surface area contributed by atoms with Gasteiger partial charge < -0.3 is 10.6 Å². The van der Waals surface area contributed by atoms with Crippen LogP contribution in [0.15, 0.2) is 24.3 Å². The number of likely N-dealkylation sites (N-methyl/N-ethyl adjacent to an activating group) is 1. The predicted octanol–water partition coefficient (Wildman–Crippen LogP) is 3.95. The molecule has 0 aromatic heterocycles. The third kappa shape index (κ3) is 5.19. The number of halogens is 1. The maximum Gasteiger partial charge on any atom is 0.125 e. The molecule has 1 unspecified atom stereocenters. The van der Waals surface area contributed by atoms with E-state index in [1.54, 1.807) is 12.1 Å². The molecule has 0 spiro atoms. The zero-order valence-electron chi connectivity index (χ0n) is 12.2. The number of rotatable bonds is 9. The highest BCUT2D eigenvalue weighted by atomic mass is 19.1. The van der Waals surface area contributed by atoms with Crippen molar-refractivity contribution in [3.05, 3.63) is 30.1 Å². The van der Waals surface area contributed by atoms with E-state index in [0.717, 1.165) is 18.7 Å². The minimum Gasteiger partial charge on any atom is -0.367 e. The standard InChI is InChI=1S/C16H27FN2/c1-3-5-6-7-10-16(13-18)19(4-2)15-11-8-9-14(17)12-15/h8-9,11-12,16H,3-7,10,13,18H2,1-2H3. The normalized spacial score (nSPS) is 12.4. The van der Waals surface area contributed by atoms with E-state index in [0.29, 0.717) is 12.6 Å². The Kier molecular flexibility index (Phi) is 7.49. The van der Waals surface area contributed by atoms with Crippen LogP contribution in [0.4, 0.5) is 10.1 Å². The topological polar surface area (TPSA) is 29.3 Å². The van der Waals surface area contributed by atoms with Gasteiger partial charge in [-0.25, -0.2) is 4.39 Å². The predicted molar refractivity (Wildman–Crippen MR) is 81.0 cm³/mol. The molecular formula is C16H27FN2. The van der Waals surface area contributed by atoms with Crippen molar-refractivity contribution < 1.29 is 4.39 Å². The average molecular weight is 266 g/mol. The van der Waals surface area contributed by atoms with Gasteiger partial charge in [0, 0.05) is 24.8 Å². The quantitative estimate of drug-likeness (QED) is 0.686. The summed E-state index contributed by atoms with van der Waals surface area (Å²) in [6, 6.07) is 7.11. The van der Waals surface area contributed by atoms with Crippen LogP contribution in [0.1, 0.15) is 46.0 Å². The van der Waals surface area contributed by atoms with E-state index in [4.69, 9.17) is 5.73 Å². The zero-order valence-corrected chi connectivity index (χ0v) is 12.2. The molecule has 0 aliphatic heterocycles. The number of nitrogens with zero attached hydrogens (tertiary/aromatic N) is 1. The van der Waals surface area contributed by atoms with Gasteiger partial charge in [-0.2, -0.15) is 0 Å². The number of benzene rings is 1. The molecule has 2 N–H and O–H groups in total. The molecule has 19 heavy (non-hydrogen) atoms. The first-order valence-corrected chi connectivity index (χ1v) is 7.45. The summed E-state index contributed by atoms with van der Waals surface area (Å²) in [7, 11) is 0. The van der Waals surface area contributed by atoms with Crippen LogP contribution in [0.3, 0.4) is 0 Å². The number of unbranched alkanes of at least 4 members (excludes halogenated alkanes) is 3. The molecule has 0 radical (unpaired) electrons. The lowest BCUT2D eigenvalue weighted by Gasteiger charge is -2.32. The molecule has 0 saturated heterocycles. The van der Waals surface area contributed by atoms with Gasteiger partial charge in [0.25, 0.3) is 0 Å². The monoisotopic (exact) mass is 266 g/mol. The van der Waals surface area contributed by atoms with Gasteiger partial charge in [-0.05, 0) is 31.5 Å². The molecule has 0 bridgehead atoms. The van der Waals surface area contributed by atoms with Crippen molar-refractivity contribution >= 4 is 5.69 Å². The van der Waals surface area contributed by atoms with Crippen molar-refractivity contribution in [1.82, 2.24) is 0 Å². The van der Waals surface area contributed by atoms with Crippen LogP contribution < -0.4 is 10.6 Å². The maximum absolute atomic E-state index is 13.3. The zero-order chi connectivity index (χ0) is 14.1. The van der Waals surface area contributed by atoms with E-state index in [9.17, 15) is 4.39 Å². The van der Waals surface area contributed by atoms with E-state index < -0.39 is 0 Å². The van der Waals surface area contributed by atoms with Crippen LogP contribution in [0, 0.1) is 5.82 Å². The summed E-state index contributed by atoms with van der Waals surface area (Å²) in [5.74, 6) is -0.183. The van der Waals surface area contributed by atoms with Crippen molar-refractivity contribution in [2.45, 2.75) is 52.0 Å². The van der Waals surface area contributed by atoms with E-state index in [1.807, 2.05) is 6.07 Å². The molecule has 108 valence electrons. The largest absolute Gasteiger partial charge is 0.367 e. The van der Waals surface area contributed by atoms with Crippen LogP contribution in [0.2, 0.25) is 0 Å². The highest BCUT2D eigenvalue weighted by Gasteiger charge is 2.16. The van der Waals surface area contributed by atoms with Crippen LogP contribution in [-0.4, -0.2) is 19.1 Å². The van der Waals surface area contributed by atoms with Crippen LogP contribution in [0.5, 0.6) is 0 Å². The summed E-state index contributed by atoms with van der Waals surface area (Å²) in [4.78, 5) is 2.22. The average Bonchev–Trinajstić information content (AvgIpc) is 2.42. The van der Waals surface area contributed by atoms with Crippen LogP contribution >= 0.6 is 0 Å². The highest BCUT2D eigenvalue weighted by molar-refractivity contribution is 5.47. The number of anilines is 1. The first-order valence-electron chi connectivity index (χ1n) is 7.45. The first-order chi connectivity index (χ1) is 9.22. The maximum atomic E-state index is 13.3. The molecule has 1 atom stereocenters. The molecule has 0 saturated carbocycles. The number of hydrogen-bond donors (Lipinski definition) is 1. The molecular weight excluding hydrogens is 239 g/mol. The van der Waals surface area contributed by atoms with Gasteiger partial charge in [0.15, 0.2) is 0 Å². The van der Waals surface area contributed by atoms with Crippen LogP contribution in [0.25, 0.3) is 0 Å². The molecule has 1 aromatic rings. The van der Waals surface area contributed by atoms with Crippen molar-refractivity contribution in [3.8, 4) is 0 Å². The Bertz CT molecular complexity index is 354. The second-order valence-corrected chi connectivity index (χ2v) is 5.00. The summed E-state index contributed by atoms with van der Waals surface area (Å²) in [6.45, 7) is 5.79. The second kappa shape index (κ2) is 8.92. The van der Waals surface area contributed by atoms with E-state index in [-0.39, 0.29) is 5.82 Å². The smallest absolute Gasteiger partial charge is 0.125 e. The van der Waals surface area contributed by atoms with Crippen molar-refractivity contribution in [1.29, 1.82) is 0 Å². The molecule has 0 amide bonds. The minimum atomic E-state index is -0.183.